The molecule has 4 heteroatoms. The number of rotatable bonds is 2. The van der Waals surface area contributed by atoms with Crippen molar-refractivity contribution in [3.63, 3.8) is 0 Å². The Balaban J connectivity index is 1.73. The molecular weight excluding hydrogens is 228 g/mol. The molecule has 18 heavy (non-hydrogen) atoms. The van der Waals surface area contributed by atoms with Gasteiger partial charge in [0.2, 0.25) is 0 Å². The Labute approximate surface area is 107 Å². The van der Waals surface area contributed by atoms with Crippen LogP contribution in [0.1, 0.15) is 23.2 Å². The first-order valence-electron chi connectivity index (χ1n) is 6.56. The number of anilines is 1. The molecule has 0 aliphatic carbocycles. The standard InChI is InChI=1S/C14H18N2O2/c17-14(18)10-3-5-12(6-4-10)16-8-11-2-1-7-15-13(11)9-16/h3-6,11,13,15H,1-2,7-9H2,(H,17,18). The third-order valence-corrected chi connectivity index (χ3v) is 4.08. The fourth-order valence-corrected chi connectivity index (χ4v) is 3.07. The van der Waals surface area contributed by atoms with Crippen LogP contribution in [-0.2, 0) is 0 Å². The summed E-state index contributed by atoms with van der Waals surface area (Å²) >= 11 is 0. The Morgan fingerprint density at radius 3 is 2.72 bits per heavy atom. The van der Waals surface area contributed by atoms with Crippen molar-refractivity contribution in [1.82, 2.24) is 5.32 Å². The summed E-state index contributed by atoms with van der Waals surface area (Å²) in [7, 11) is 0. The lowest BCUT2D eigenvalue weighted by molar-refractivity contribution is 0.0697. The summed E-state index contributed by atoms with van der Waals surface area (Å²) in [5.41, 5.74) is 1.49. The second-order valence-corrected chi connectivity index (χ2v) is 5.22. The summed E-state index contributed by atoms with van der Waals surface area (Å²) in [5.74, 6) is -0.115. The van der Waals surface area contributed by atoms with E-state index in [1.807, 2.05) is 12.1 Å². The molecule has 4 nitrogen and oxygen atoms in total. The third-order valence-electron chi connectivity index (χ3n) is 4.08. The van der Waals surface area contributed by atoms with Gasteiger partial charge in [0, 0.05) is 24.8 Å². The fraction of sp³-hybridized carbons (Fsp3) is 0.500. The molecule has 3 rings (SSSR count). The smallest absolute Gasteiger partial charge is 0.335 e. The zero-order valence-corrected chi connectivity index (χ0v) is 10.3. The Kier molecular flexibility index (Phi) is 2.96. The van der Waals surface area contributed by atoms with E-state index in [0.29, 0.717) is 11.6 Å². The Morgan fingerprint density at radius 1 is 1.28 bits per heavy atom. The zero-order chi connectivity index (χ0) is 12.5. The lowest BCUT2D eigenvalue weighted by Crippen LogP contribution is -2.40. The number of hydrogen-bond donors (Lipinski definition) is 2. The van der Waals surface area contributed by atoms with Gasteiger partial charge in [0.05, 0.1) is 5.56 Å². The minimum atomic E-state index is -0.863. The summed E-state index contributed by atoms with van der Waals surface area (Å²) in [6.45, 7) is 3.26. The van der Waals surface area contributed by atoms with Gasteiger partial charge in [-0.3, -0.25) is 0 Å². The maximum atomic E-state index is 10.8. The second kappa shape index (κ2) is 4.61. The van der Waals surface area contributed by atoms with Crippen LogP contribution in [0.2, 0.25) is 0 Å². The molecule has 2 saturated heterocycles. The molecule has 1 aromatic rings. The van der Waals surface area contributed by atoms with Gasteiger partial charge in [-0.2, -0.15) is 0 Å². The van der Waals surface area contributed by atoms with Crippen molar-refractivity contribution < 1.29 is 9.90 Å². The predicted octanol–water partition coefficient (Wildman–Crippen LogP) is 1.57. The highest BCUT2D eigenvalue weighted by atomic mass is 16.4. The monoisotopic (exact) mass is 246 g/mol. The molecule has 0 spiro atoms. The number of hydrogen-bond acceptors (Lipinski definition) is 3. The molecule has 2 N–H and O–H groups in total. The number of piperidine rings is 1. The molecule has 2 aliphatic rings. The number of fused-ring (bicyclic) bond motifs is 1. The van der Waals surface area contributed by atoms with E-state index in [0.717, 1.165) is 31.2 Å². The van der Waals surface area contributed by atoms with Crippen LogP contribution in [0.5, 0.6) is 0 Å². The molecule has 2 heterocycles. The second-order valence-electron chi connectivity index (χ2n) is 5.22. The minimum Gasteiger partial charge on any atom is -0.478 e. The Hall–Kier alpha value is -1.55. The van der Waals surface area contributed by atoms with E-state index in [2.05, 4.69) is 10.2 Å². The highest BCUT2D eigenvalue weighted by molar-refractivity contribution is 5.88. The van der Waals surface area contributed by atoms with Crippen molar-refractivity contribution >= 4 is 11.7 Å². The summed E-state index contributed by atoms with van der Waals surface area (Å²) < 4.78 is 0. The van der Waals surface area contributed by atoms with E-state index in [4.69, 9.17) is 5.11 Å². The van der Waals surface area contributed by atoms with Crippen LogP contribution in [-0.4, -0.2) is 36.8 Å². The summed E-state index contributed by atoms with van der Waals surface area (Å²) in [4.78, 5) is 13.2. The maximum absolute atomic E-state index is 10.8. The lowest BCUT2D eigenvalue weighted by atomic mass is 9.94. The highest BCUT2D eigenvalue weighted by Crippen LogP contribution is 2.29. The average molecular weight is 246 g/mol. The molecule has 2 unspecified atom stereocenters. The van der Waals surface area contributed by atoms with E-state index in [9.17, 15) is 4.79 Å². The first kappa shape index (κ1) is 11.5. The number of benzene rings is 1. The van der Waals surface area contributed by atoms with Gasteiger partial charge in [0.1, 0.15) is 0 Å². The van der Waals surface area contributed by atoms with Gasteiger partial charge in [-0.1, -0.05) is 0 Å². The minimum absolute atomic E-state index is 0.355. The third kappa shape index (κ3) is 2.08. The van der Waals surface area contributed by atoms with Crippen LogP contribution in [0.25, 0.3) is 0 Å². The van der Waals surface area contributed by atoms with Gasteiger partial charge >= 0.3 is 5.97 Å². The molecule has 2 fully saturated rings. The van der Waals surface area contributed by atoms with Crippen LogP contribution < -0.4 is 10.2 Å². The molecule has 2 aliphatic heterocycles. The van der Waals surface area contributed by atoms with Crippen molar-refractivity contribution in [3.8, 4) is 0 Å². The lowest BCUT2D eigenvalue weighted by Gasteiger charge is -2.24. The van der Waals surface area contributed by atoms with Crippen LogP contribution in [0.4, 0.5) is 5.69 Å². The first-order valence-corrected chi connectivity index (χ1v) is 6.56. The predicted molar refractivity (Wildman–Crippen MR) is 70.1 cm³/mol. The molecular formula is C14H18N2O2. The molecule has 2 atom stereocenters. The average Bonchev–Trinajstić information content (AvgIpc) is 2.82. The highest BCUT2D eigenvalue weighted by Gasteiger charge is 2.34. The van der Waals surface area contributed by atoms with Gasteiger partial charge in [0.15, 0.2) is 0 Å². The zero-order valence-electron chi connectivity index (χ0n) is 10.3. The van der Waals surface area contributed by atoms with Gasteiger partial charge in [0.25, 0.3) is 0 Å². The molecule has 0 bridgehead atoms. The van der Waals surface area contributed by atoms with E-state index in [1.165, 1.54) is 12.8 Å². The van der Waals surface area contributed by atoms with Crippen molar-refractivity contribution in [2.45, 2.75) is 18.9 Å². The number of carbonyl (C=O) groups is 1. The molecule has 0 aromatic heterocycles. The van der Waals surface area contributed by atoms with E-state index in [1.54, 1.807) is 12.1 Å². The van der Waals surface area contributed by atoms with Crippen molar-refractivity contribution in [2.75, 3.05) is 24.5 Å². The topological polar surface area (TPSA) is 52.6 Å². The summed E-state index contributed by atoms with van der Waals surface area (Å²) in [6, 6.07) is 7.82. The fourth-order valence-electron chi connectivity index (χ4n) is 3.07. The van der Waals surface area contributed by atoms with Crippen LogP contribution in [0.15, 0.2) is 24.3 Å². The first-order chi connectivity index (χ1) is 8.74. The summed E-state index contributed by atoms with van der Waals surface area (Å²) in [6.07, 6.45) is 2.58. The SMILES string of the molecule is O=C(O)c1ccc(N2CC3CCCNC3C2)cc1. The van der Waals surface area contributed by atoms with Gasteiger partial charge < -0.3 is 15.3 Å². The van der Waals surface area contributed by atoms with Gasteiger partial charge in [-0.05, 0) is 49.6 Å². The largest absolute Gasteiger partial charge is 0.478 e. The number of carboxylic acid groups (broad SMARTS) is 1. The molecule has 0 amide bonds. The molecule has 1 aromatic carbocycles. The van der Waals surface area contributed by atoms with E-state index in [-0.39, 0.29) is 0 Å². The van der Waals surface area contributed by atoms with Crippen LogP contribution in [0, 0.1) is 5.92 Å². The van der Waals surface area contributed by atoms with Crippen molar-refractivity contribution in [3.05, 3.63) is 29.8 Å². The quantitative estimate of drug-likeness (QED) is 0.831. The normalized spacial score (nSPS) is 27.0. The summed E-state index contributed by atoms with van der Waals surface area (Å²) in [5, 5.41) is 12.5. The number of aromatic carboxylic acids is 1. The van der Waals surface area contributed by atoms with Gasteiger partial charge in [-0.25, -0.2) is 4.79 Å². The van der Waals surface area contributed by atoms with Crippen LogP contribution >= 0.6 is 0 Å². The molecule has 0 radical (unpaired) electrons. The van der Waals surface area contributed by atoms with Crippen molar-refractivity contribution in [2.24, 2.45) is 5.92 Å². The number of nitrogens with one attached hydrogen (secondary N) is 1. The number of nitrogens with zero attached hydrogens (tertiary/aromatic N) is 1. The molecule has 0 saturated carbocycles. The van der Waals surface area contributed by atoms with E-state index >= 15 is 0 Å². The number of carboxylic acids is 1. The Morgan fingerprint density at radius 2 is 2.06 bits per heavy atom. The van der Waals surface area contributed by atoms with Crippen molar-refractivity contribution in [1.29, 1.82) is 0 Å². The maximum Gasteiger partial charge on any atom is 0.335 e. The van der Waals surface area contributed by atoms with Crippen LogP contribution in [0.3, 0.4) is 0 Å². The van der Waals surface area contributed by atoms with E-state index < -0.39 is 5.97 Å². The van der Waals surface area contributed by atoms with Gasteiger partial charge in [-0.15, -0.1) is 0 Å². The molecule has 96 valence electrons. The Bertz CT molecular complexity index is 430.